The summed E-state index contributed by atoms with van der Waals surface area (Å²) in [4.78, 5) is 6.28. The molecule has 4 heteroatoms. The second-order valence-electron chi connectivity index (χ2n) is 3.35. The molecule has 0 fully saturated rings. The summed E-state index contributed by atoms with van der Waals surface area (Å²) >= 11 is 0. The maximum atomic E-state index is 5.60. The molecule has 3 N–H and O–H groups in total. The molecule has 0 saturated heterocycles. The van der Waals surface area contributed by atoms with Crippen molar-refractivity contribution in [1.29, 1.82) is 0 Å². The van der Waals surface area contributed by atoms with Crippen LogP contribution in [-0.4, -0.2) is 44.6 Å². The first-order chi connectivity index (χ1) is 6.16. The Hall–Kier alpha value is -0.770. The van der Waals surface area contributed by atoms with Crippen molar-refractivity contribution in [2.45, 2.75) is 19.8 Å². The van der Waals surface area contributed by atoms with Gasteiger partial charge in [0.1, 0.15) is 0 Å². The highest BCUT2D eigenvalue weighted by atomic mass is 15.1. The highest BCUT2D eigenvalue weighted by molar-refractivity contribution is 5.77. The van der Waals surface area contributed by atoms with Crippen molar-refractivity contribution in [1.82, 2.24) is 10.2 Å². The lowest BCUT2D eigenvalue weighted by atomic mass is 10.4. The Morgan fingerprint density at radius 1 is 1.46 bits per heavy atom. The molecular weight excluding hydrogens is 164 g/mol. The van der Waals surface area contributed by atoms with Gasteiger partial charge in [0.05, 0.1) is 0 Å². The second-order valence-corrected chi connectivity index (χ2v) is 3.35. The third-order valence-electron chi connectivity index (χ3n) is 1.59. The van der Waals surface area contributed by atoms with Crippen LogP contribution in [0.4, 0.5) is 0 Å². The van der Waals surface area contributed by atoms with Gasteiger partial charge >= 0.3 is 0 Å². The molecule has 0 aromatic rings. The van der Waals surface area contributed by atoms with Gasteiger partial charge in [0.2, 0.25) is 0 Å². The third-order valence-corrected chi connectivity index (χ3v) is 1.59. The van der Waals surface area contributed by atoms with Gasteiger partial charge in [-0.2, -0.15) is 0 Å². The summed E-state index contributed by atoms with van der Waals surface area (Å²) in [6.45, 7) is 4.88. The summed E-state index contributed by atoms with van der Waals surface area (Å²) in [6, 6.07) is 0. The lowest BCUT2D eigenvalue weighted by Crippen LogP contribution is -2.33. The van der Waals surface area contributed by atoms with Gasteiger partial charge in [-0.3, -0.25) is 4.99 Å². The molecule has 0 spiro atoms. The first kappa shape index (κ1) is 12.2. The SMILES string of the molecule is CCCN=C(N)NCCCN(C)C. The monoisotopic (exact) mass is 186 g/mol. The zero-order valence-electron chi connectivity index (χ0n) is 9.01. The fourth-order valence-corrected chi connectivity index (χ4v) is 0.900. The van der Waals surface area contributed by atoms with Crippen molar-refractivity contribution in [3.63, 3.8) is 0 Å². The quantitative estimate of drug-likeness (QED) is 0.355. The van der Waals surface area contributed by atoms with E-state index in [0.717, 1.165) is 32.5 Å². The average Bonchev–Trinajstić information content (AvgIpc) is 2.08. The fourth-order valence-electron chi connectivity index (χ4n) is 0.900. The van der Waals surface area contributed by atoms with E-state index in [4.69, 9.17) is 5.73 Å². The number of aliphatic imine (C=N–C) groups is 1. The number of nitrogens with one attached hydrogen (secondary N) is 1. The van der Waals surface area contributed by atoms with Crippen molar-refractivity contribution in [2.24, 2.45) is 10.7 Å². The average molecular weight is 186 g/mol. The van der Waals surface area contributed by atoms with E-state index in [1.165, 1.54) is 0 Å². The molecule has 0 rings (SSSR count). The summed E-state index contributed by atoms with van der Waals surface area (Å²) in [7, 11) is 4.13. The number of rotatable bonds is 6. The Morgan fingerprint density at radius 2 is 2.15 bits per heavy atom. The Labute approximate surface area is 81.2 Å². The third kappa shape index (κ3) is 9.14. The van der Waals surface area contributed by atoms with Crippen molar-refractivity contribution in [3.05, 3.63) is 0 Å². The number of nitrogens with two attached hydrogens (primary N) is 1. The topological polar surface area (TPSA) is 53.6 Å². The molecular formula is C9H22N4. The van der Waals surface area contributed by atoms with Gasteiger partial charge in [-0.05, 0) is 33.5 Å². The summed E-state index contributed by atoms with van der Waals surface area (Å²) in [5.74, 6) is 0.570. The maximum absolute atomic E-state index is 5.60. The van der Waals surface area contributed by atoms with E-state index in [1.807, 2.05) is 0 Å². The highest BCUT2D eigenvalue weighted by Crippen LogP contribution is 1.81. The van der Waals surface area contributed by atoms with Gasteiger partial charge in [-0.25, -0.2) is 0 Å². The largest absolute Gasteiger partial charge is 0.370 e. The van der Waals surface area contributed by atoms with Crippen LogP contribution in [0.3, 0.4) is 0 Å². The van der Waals surface area contributed by atoms with Crippen LogP contribution in [0.1, 0.15) is 19.8 Å². The lowest BCUT2D eigenvalue weighted by molar-refractivity contribution is 0.400. The summed E-state index contributed by atoms with van der Waals surface area (Å²) in [5.41, 5.74) is 5.60. The minimum atomic E-state index is 0.570. The van der Waals surface area contributed by atoms with Gasteiger partial charge in [0, 0.05) is 13.1 Å². The molecule has 0 unspecified atom stereocenters. The molecule has 0 aromatic heterocycles. The lowest BCUT2D eigenvalue weighted by Gasteiger charge is -2.09. The van der Waals surface area contributed by atoms with E-state index < -0.39 is 0 Å². The molecule has 4 nitrogen and oxygen atoms in total. The number of hydrogen-bond donors (Lipinski definition) is 2. The van der Waals surface area contributed by atoms with Crippen LogP contribution >= 0.6 is 0 Å². The van der Waals surface area contributed by atoms with Gasteiger partial charge in [0.25, 0.3) is 0 Å². The van der Waals surface area contributed by atoms with Gasteiger partial charge in [-0.1, -0.05) is 6.92 Å². The maximum Gasteiger partial charge on any atom is 0.188 e. The van der Waals surface area contributed by atoms with Crippen molar-refractivity contribution in [2.75, 3.05) is 33.7 Å². The van der Waals surface area contributed by atoms with Crippen LogP contribution in [0.25, 0.3) is 0 Å². The molecule has 13 heavy (non-hydrogen) atoms. The number of hydrogen-bond acceptors (Lipinski definition) is 2. The van der Waals surface area contributed by atoms with E-state index in [0.29, 0.717) is 5.96 Å². The van der Waals surface area contributed by atoms with Gasteiger partial charge in [-0.15, -0.1) is 0 Å². The van der Waals surface area contributed by atoms with E-state index in [9.17, 15) is 0 Å². The van der Waals surface area contributed by atoms with E-state index in [2.05, 4.69) is 36.2 Å². The van der Waals surface area contributed by atoms with Crippen LogP contribution in [0, 0.1) is 0 Å². The Morgan fingerprint density at radius 3 is 2.69 bits per heavy atom. The Balaban J connectivity index is 3.31. The zero-order valence-corrected chi connectivity index (χ0v) is 9.01. The minimum Gasteiger partial charge on any atom is -0.370 e. The van der Waals surface area contributed by atoms with E-state index in [1.54, 1.807) is 0 Å². The molecule has 0 radical (unpaired) electrons. The molecule has 0 aromatic carbocycles. The Bertz CT molecular complexity index is 143. The van der Waals surface area contributed by atoms with Gasteiger partial charge < -0.3 is 16.0 Å². The molecule has 0 aliphatic heterocycles. The second kappa shape index (κ2) is 7.86. The smallest absolute Gasteiger partial charge is 0.188 e. The highest BCUT2D eigenvalue weighted by Gasteiger charge is 1.91. The van der Waals surface area contributed by atoms with E-state index in [-0.39, 0.29) is 0 Å². The molecule has 0 bridgehead atoms. The predicted molar refractivity (Wildman–Crippen MR) is 58.0 cm³/mol. The van der Waals surface area contributed by atoms with Crippen LogP contribution in [0.2, 0.25) is 0 Å². The van der Waals surface area contributed by atoms with E-state index >= 15 is 0 Å². The van der Waals surface area contributed by atoms with Crippen LogP contribution in [0.5, 0.6) is 0 Å². The summed E-state index contributed by atoms with van der Waals surface area (Å²) < 4.78 is 0. The van der Waals surface area contributed by atoms with Crippen molar-refractivity contribution < 1.29 is 0 Å². The number of guanidine groups is 1. The molecule has 0 aliphatic rings. The normalized spacial score (nSPS) is 12.2. The first-order valence-corrected chi connectivity index (χ1v) is 4.85. The zero-order chi connectivity index (χ0) is 10.1. The van der Waals surface area contributed by atoms with Crippen LogP contribution in [-0.2, 0) is 0 Å². The first-order valence-electron chi connectivity index (χ1n) is 4.85. The molecule has 0 atom stereocenters. The van der Waals surface area contributed by atoms with Gasteiger partial charge in [0.15, 0.2) is 5.96 Å². The Kier molecular flexibility index (Phi) is 7.39. The molecule has 78 valence electrons. The predicted octanol–water partition coefficient (Wildman–Crippen LogP) is 0.252. The molecule has 0 amide bonds. The molecule has 0 heterocycles. The summed E-state index contributed by atoms with van der Waals surface area (Å²) in [6.07, 6.45) is 2.13. The molecule has 0 aliphatic carbocycles. The fraction of sp³-hybridized carbons (Fsp3) is 0.889. The minimum absolute atomic E-state index is 0.570. The summed E-state index contributed by atoms with van der Waals surface area (Å²) in [5, 5.41) is 3.07. The van der Waals surface area contributed by atoms with Crippen molar-refractivity contribution >= 4 is 5.96 Å². The standard InChI is InChI=1S/C9H22N4/c1-4-6-11-9(10)12-7-5-8-13(2)3/h4-8H2,1-3H3,(H3,10,11,12). The van der Waals surface area contributed by atoms with Crippen LogP contribution in [0.15, 0.2) is 4.99 Å². The van der Waals surface area contributed by atoms with Crippen LogP contribution < -0.4 is 11.1 Å². The van der Waals surface area contributed by atoms with Crippen molar-refractivity contribution in [3.8, 4) is 0 Å². The molecule has 0 saturated carbocycles. The number of nitrogens with zero attached hydrogens (tertiary/aromatic N) is 2.